The highest BCUT2D eigenvalue weighted by Crippen LogP contribution is 2.31. The number of amides is 1. The molecule has 0 saturated heterocycles. The van der Waals surface area contributed by atoms with Crippen LogP contribution in [0.2, 0.25) is 5.02 Å². The molecule has 3 nitrogen and oxygen atoms in total. The number of anilines is 1. The van der Waals surface area contributed by atoms with E-state index in [0.717, 1.165) is 6.54 Å². The number of carbonyl (C=O) groups is 1. The van der Waals surface area contributed by atoms with Crippen molar-refractivity contribution >= 4 is 58.0 Å². The van der Waals surface area contributed by atoms with Gasteiger partial charge in [-0.25, -0.2) is 4.39 Å². The van der Waals surface area contributed by atoms with Crippen molar-refractivity contribution in [1.82, 2.24) is 0 Å². The maximum Gasteiger partial charge on any atom is 0.253 e. The van der Waals surface area contributed by atoms with E-state index in [0.29, 0.717) is 0 Å². The molecule has 0 aliphatic heterocycles. The number of rotatable bonds is 3. The van der Waals surface area contributed by atoms with Crippen LogP contribution in [0, 0.1) is 12.4 Å². The van der Waals surface area contributed by atoms with Crippen LogP contribution in [0.4, 0.5) is 10.1 Å². The lowest BCUT2D eigenvalue weighted by Gasteiger charge is -2.15. The summed E-state index contributed by atoms with van der Waals surface area (Å²) in [6.45, 7) is 1.05. The van der Waals surface area contributed by atoms with Gasteiger partial charge in [0.1, 0.15) is 0 Å². The van der Waals surface area contributed by atoms with Crippen molar-refractivity contribution in [3.63, 3.8) is 0 Å². The zero-order valence-corrected chi connectivity index (χ0v) is 11.1. The average molecular weight is 319 g/mol. The SMILES string of the molecule is NC(=O)c1c(N[CH]C(Cl)(Cl)Cl)ccc(Cl)c1F. The molecule has 3 N–H and O–H groups in total. The molecule has 1 aromatic carbocycles. The summed E-state index contributed by atoms with van der Waals surface area (Å²) in [7, 11) is 0. The summed E-state index contributed by atoms with van der Waals surface area (Å²) >= 11 is 21.9. The summed E-state index contributed by atoms with van der Waals surface area (Å²) in [6, 6.07) is 2.59. The van der Waals surface area contributed by atoms with Gasteiger partial charge >= 0.3 is 0 Å². The van der Waals surface area contributed by atoms with Crippen LogP contribution in [0.25, 0.3) is 0 Å². The molecule has 0 saturated carbocycles. The molecule has 8 heteroatoms. The molecule has 0 spiro atoms. The molecule has 0 fully saturated rings. The van der Waals surface area contributed by atoms with Crippen LogP contribution in [0.15, 0.2) is 12.1 Å². The van der Waals surface area contributed by atoms with Crippen LogP contribution in [0.1, 0.15) is 10.4 Å². The molecule has 1 aromatic rings. The van der Waals surface area contributed by atoms with Gasteiger partial charge in [-0.3, -0.25) is 4.79 Å². The molecule has 17 heavy (non-hydrogen) atoms. The van der Waals surface area contributed by atoms with Crippen molar-refractivity contribution in [3.8, 4) is 0 Å². The van der Waals surface area contributed by atoms with Gasteiger partial charge in [0.15, 0.2) is 5.82 Å². The summed E-state index contributed by atoms with van der Waals surface area (Å²) in [4.78, 5) is 11.1. The fraction of sp³-hybridized carbons (Fsp3) is 0.111. The van der Waals surface area contributed by atoms with Crippen LogP contribution < -0.4 is 11.1 Å². The Morgan fingerprint density at radius 2 is 2.00 bits per heavy atom. The molecule has 0 aromatic heterocycles. The molecule has 1 radical (unpaired) electrons. The normalized spacial score (nSPS) is 11.4. The maximum atomic E-state index is 13.5. The minimum Gasteiger partial charge on any atom is -0.375 e. The molecule has 0 heterocycles. The van der Waals surface area contributed by atoms with Crippen LogP contribution in [0.3, 0.4) is 0 Å². The first kappa shape index (κ1) is 14.6. The van der Waals surface area contributed by atoms with Gasteiger partial charge in [-0.15, -0.1) is 0 Å². The van der Waals surface area contributed by atoms with E-state index in [1.807, 2.05) is 0 Å². The molecular weight excluding hydrogens is 313 g/mol. The quantitative estimate of drug-likeness (QED) is 0.838. The third kappa shape index (κ3) is 4.07. The average Bonchev–Trinajstić information content (AvgIpc) is 2.18. The first-order chi connectivity index (χ1) is 7.72. The van der Waals surface area contributed by atoms with E-state index in [2.05, 4.69) is 5.32 Å². The third-order valence-corrected chi connectivity index (χ3v) is 2.35. The van der Waals surface area contributed by atoms with Gasteiger partial charge in [0, 0.05) is 0 Å². The van der Waals surface area contributed by atoms with E-state index < -0.39 is 21.1 Å². The fourth-order valence-corrected chi connectivity index (χ4v) is 1.39. The Bertz CT molecular complexity index is 447. The predicted octanol–water partition coefficient (Wildman–Crippen LogP) is 3.52. The van der Waals surface area contributed by atoms with Gasteiger partial charge in [-0.05, 0) is 12.1 Å². The number of primary amides is 1. The molecule has 0 aliphatic rings. The van der Waals surface area contributed by atoms with Crippen molar-refractivity contribution in [2.24, 2.45) is 5.73 Å². The number of carbonyl (C=O) groups excluding carboxylic acids is 1. The molecular formula is C9H6Cl4FN2O. The van der Waals surface area contributed by atoms with Gasteiger partial charge in [0.05, 0.1) is 22.8 Å². The Balaban J connectivity index is 3.08. The summed E-state index contributed by atoms with van der Waals surface area (Å²) in [5.41, 5.74) is 4.69. The Morgan fingerprint density at radius 1 is 1.41 bits per heavy atom. The zero-order chi connectivity index (χ0) is 13.2. The number of alkyl halides is 3. The number of benzene rings is 1. The first-order valence-corrected chi connectivity index (χ1v) is 5.69. The first-order valence-electron chi connectivity index (χ1n) is 4.18. The second-order valence-electron chi connectivity index (χ2n) is 2.98. The summed E-state index contributed by atoms with van der Waals surface area (Å²) in [5.74, 6) is -1.91. The van der Waals surface area contributed by atoms with Gasteiger partial charge in [-0.2, -0.15) is 0 Å². The Labute approximate surface area is 117 Å². The lowest BCUT2D eigenvalue weighted by atomic mass is 10.1. The molecule has 0 bridgehead atoms. The fourth-order valence-electron chi connectivity index (χ4n) is 1.07. The topological polar surface area (TPSA) is 55.1 Å². The van der Waals surface area contributed by atoms with Crippen LogP contribution in [0.5, 0.6) is 0 Å². The van der Waals surface area contributed by atoms with Crippen molar-refractivity contribution in [3.05, 3.63) is 35.1 Å². The number of halogens is 5. The van der Waals surface area contributed by atoms with Crippen LogP contribution in [-0.2, 0) is 0 Å². The number of hydrogen-bond donors (Lipinski definition) is 2. The zero-order valence-electron chi connectivity index (χ0n) is 8.11. The van der Waals surface area contributed by atoms with E-state index in [-0.39, 0.29) is 10.7 Å². The number of nitrogens with one attached hydrogen (secondary N) is 1. The highest BCUT2D eigenvalue weighted by atomic mass is 35.6. The van der Waals surface area contributed by atoms with Crippen molar-refractivity contribution < 1.29 is 9.18 Å². The Morgan fingerprint density at radius 3 is 2.47 bits per heavy atom. The Kier molecular flexibility index (Phi) is 4.72. The Hall–Kier alpha value is -0.420. The van der Waals surface area contributed by atoms with Gasteiger partial charge in [0.25, 0.3) is 5.91 Å². The minimum absolute atomic E-state index is 0.0609. The van der Waals surface area contributed by atoms with Crippen LogP contribution >= 0.6 is 46.4 Å². The summed E-state index contributed by atoms with van der Waals surface area (Å²) in [6.07, 6.45) is 0. The monoisotopic (exact) mass is 317 g/mol. The predicted molar refractivity (Wildman–Crippen MR) is 68.1 cm³/mol. The largest absolute Gasteiger partial charge is 0.375 e. The standard InChI is InChI=1S/C9H6Cl4FN2O/c10-4-1-2-5(16-3-9(11,12)13)6(7(4)14)8(15)17/h1-3,16H,(H2,15,17). The minimum atomic E-state index is -1.70. The molecule has 1 amide bonds. The van der Waals surface area contributed by atoms with Crippen molar-refractivity contribution in [2.75, 3.05) is 5.32 Å². The lowest BCUT2D eigenvalue weighted by molar-refractivity contribution is 0.0997. The van der Waals surface area contributed by atoms with E-state index in [1.54, 1.807) is 0 Å². The number of hydrogen-bond acceptors (Lipinski definition) is 2. The van der Waals surface area contributed by atoms with E-state index in [1.165, 1.54) is 12.1 Å². The summed E-state index contributed by atoms with van der Waals surface area (Å²) in [5, 5.41) is 2.26. The smallest absolute Gasteiger partial charge is 0.253 e. The van der Waals surface area contributed by atoms with Gasteiger partial charge in [-0.1, -0.05) is 46.4 Å². The third-order valence-electron chi connectivity index (χ3n) is 1.73. The molecule has 0 atom stereocenters. The lowest BCUT2D eigenvalue weighted by Crippen LogP contribution is -2.18. The van der Waals surface area contributed by atoms with E-state index >= 15 is 0 Å². The van der Waals surface area contributed by atoms with Crippen molar-refractivity contribution in [1.29, 1.82) is 0 Å². The summed E-state index contributed by atoms with van der Waals surface area (Å²) < 4.78 is 11.8. The van der Waals surface area contributed by atoms with E-state index in [4.69, 9.17) is 52.1 Å². The second kappa shape index (κ2) is 5.48. The molecule has 0 unspecified atom stereocenters. The molecule has 1 rings (SSSR count). The maximum absolute atomic E-state index is 13.5. The molecule has 93 valence electrons. The van der Waals surface area contributed by atoms with E-state index in [9.17, 15) is 9.18 Å². The number of nitrogens with two attached hydrogens (primary N) is 1. The highest BCUT2D eigenvalue weighted by Gasteiger charge is 2.23. The molecule has 0 aliphatic carbocycles. The van der Waals surface area contributed by atoms with Gasteiger partial charge in [0.2, 0.25) is 3.79 Å². The van der Waals surface area contributed by atoms with Crippen molar-refractivity contribution in [2.45, 2.75) is 3.79 Å². The second-order valence-corrected chi connectivity index (χ2v) is 5.75. The van der Waals surface area contributed by atoms with Gasteiger partial charge < -0.3 is 11.1 Å². The highest BCUT2D eigenvalue weighted by molar-refractivity contribution is 6.68. The van der Waals surface area contributed by atoms with Crippen LogP contribution in [-0.4, -0.2) is 9.70 Å².